The summed E-state index contributed by atoms with van der Waals surface area (Å²) in [5.41, 5.74) is 1.04. The molecule has 0 aliphatic heterocycles. The van der Waals surface area contributed by atoms with Crippen LogP contribution < -0.4 is 0 Å². The molecule has 0 fully saturated rings. The first-order chi connectivity index (χ1) is 7.18. The summed E-state index contributed by atoms with van der Waals surface area (Å²) in [4.78, 5) is 1.33. The van der Waals surface area contributed by atoms with Gasteiger partial charge in [-0.2, -0.15) is 0 Å². The highest BCUT2D eigenvalue weighted by atomic mass is 79.9. The predicted octanol–water partition coefficient (Wildman–Crippen LogP) is 5.13. The van der Waals surface area contributed by atoms with E-state index in [-0.39, 0.29) is 10.6 Å². The van der Waals surface area contributed by atoms with Gasteiger partial charge in [0.25, 0.3) is 0 Å². The maximum Gasteiger partial charge on any atom is 0.124 e. The fraction of sp³-hybridized carbons (Fsp3) is 0.0909. The highest BCUT2D eigenvalue weighted by Gasteiger charge is 2.14. The van der Waals surface area contributed by atoms with Crippen LogP contribution in [0.25, 0.3) is 0 Å². The Kier molecular flexibility index (Phi) is 3.59. The maximum absolute atomic E-state index is 12.9. The zero-order chi connectivity index (χ0) is 10.8. The first-order valence-corrected chi connectivity index (χ1v) is 6.90. The highest BCUT2D eigenvalue weighted by molar-refractivity contribution is 9.11. The molecule has 1 heterocycles. The lowest BCUT2D eigenvalue weighted by atomic mass is 10.1. The molecule has 2 rings (SSSR count). The second kappa shape index (κ2) is 4.76. The number of thiophene rings is 1. The SMILES string of the molecule is Fc1ccc(C(Br)c2cccs2)c(Br)c1. The molecule has 4 heteroatoms. The average Bonchev–Trinajstić information content (AvgIpc) is 2.69. The molecule has 0 N–H and O–H groups in total. The smallest absolute Gasteiger partial charge is 0.124 e. The number of hydrogen-bond acceptors (Lipinski definition) is 1. The van der Waals surface area contributed by atoms with Crippen molar-refractivity contribution < 1.29 is 4.39 Å². The van der Waals surface area contributed by atoms with Crippen LogP contribution in [0, 0.1) is 5.82 Å². The molecule has 15 heavy (non-hydrogen) atoms. The van der Waals surface area contributed by atoms with Gasteiger partial charge in [-0.3, -0.25) is 0 Å². The Morgan fingerprint density at radius 3 is 2.67 bits per heavy atom. The minimum absolute atomic E-state index is 0.118. The Hall–Kier alpha value is -0.190. The summed E-state index contributed by atoms with van der Waals surface area (Å²) in [6.07, 6.45) is 0. The minimum atomic E-state index is -0.225. The zero-order valence-corrected chi connectivity index (χ0v) is 11.6. The summed E-state index contributed by atoms with van der Waals surface area (Å²) < 4.78 is 13.7. The van der Waals surface area contributed by atoms with E-state index in [9.17, 15) is 4.39 Å². The molecule has 0 aliphatic rings. The lowest BCUT2D eigenvalue weighted by Crippen LogP contribution is -1.91. The normalized spacial score (nSPS) is 12.7. The average molecular weight is 350 g/mol. The third kappa shape index (κ3) is 2.49. The van der Waals surface area contributed by atoms with E-state index in [1.165, 1.54) is 17.0 Å². The van der Waals surface area contributed by atoms with Crippen molar-refractivity contribution in [2.75, 3.05) is 0 Å². The van der Waals surface area contributed by atoms with Crippen molar-refractivity contribution in [2.24, 2.45) is 0 Å². The van der Waals surface area contributed by atoms with Gasteiger partial charge in [0.05, 0.1) is 4.83 Å². The summed E-state index contributed by atoms with van der Waals surface area (Å²) in [6, 6.07) is 8.81. The fourth-order valence-electron chi connectivity index (χ4n) is 1.30. The fourth-order valence-corrected chi connectivity index (χ4v) is 3.78. The Morgan fingerprint density at radius 1 is 1.27 bits per heavy atom. The van der Waals surface area contributed by atoms with E-state index in [4.69, 9.17) is 0 Å². The molecular weight excluding hydrogens is 343 g/mol. The van der Waals surface area contributed by atoms with Crippen LogP contribution in [0.4, 0.5) is 4.39 Å². The van der Waals surface area contributed by atoms with Crippen molar-refractivity contribution in [3.63, 3.8) is 0 Å². The van der Waals surface area contributed by atoms with Crippen molar-refractivity contribution in [2.45, 2.75) is 4.83 Å². The second-order valence-electron chi connectivity index (χ2n) is 3.04. The standard InChI is InChI=1S/C11H7Br2FS/c12-9-6-7(14)3-4-8(9)11(13)10-2-1-5-15-10/h1-6,11H. The van der Waals surface area contributed by atoms with Crippen molar-refractivity contribution in [1.82, 2.24) is 0 Å². The first-order valence-electron chi connectivity index (χ1n) is 4.31. The molecule has 2 aromatic rings. The highest BCUT2D eigenvalue weighted by Crippen LogP contribution is 2.37. The van der Waals surface area contributed by atoms with Crippen LogP contribution in [0.3, 0.4) is 0 Å². The van der Waals surface area contributed by atoms with Crippen molar-refractivity contribution in [3.05, 3.63) is 56.4 Å². The molecule has 1 aromatic heterocycles. The number of benzene rings is 1. The van der Waals surface area contributed by atoms with Crippen molar-refractivity contribution >= 4 is 43.2 Å². The van der Waals surface area contributed by atoms with Gasteiger partial charge in [0.15, 0.2) is 0 Å². The molecule has 1 unspecified atom stereocenters. The second-order valence-corrected chi connectivity index (χ2v) is 5.79. The van der Waals surface area contributed by atoms with E-state index in [1.807, 2.05) is 11.4 Å². The van der Waals surface area contributed by atoms with E-state index in [0.29, 0.717) is 0 Å². The largest absolute Gasteiger partial charge is 0.207 e. The van der Waals surface area contributed by atoms with Gasteiger partial charge in [-0.15, -0.1) is 11.3 Å². The number of alkyl halides is 1. The summed E-state index contributed by atoms with van der Waals surface area (Å²) in [7, 11) is 0. The zero-order valence-electron chi connectivity index (χ0n) is 7.58. The monoisotopic (exact) mass is 348 g/mol. The molecule has 78 valence electrons. The van der Waals surface area contributed by atoms with Crippen LogP contribution >= 0.6 is 43.2 Å². The minimum Gasteiger partial charge on any atom is -0.207 e. The van der Waals surface area contributed by atoms with E-state index >= 15 is 0 Å². The summed E-state index contributed by atoms with van der Waals surface area (Å²) in [6.45, 7) is 0. The first kappa shape index (κ1) is 11.3. The molecule has 0 nitrogen and oxygen atoms in total. The molecule has 1 atom stereocenters. The lowest BCUT2D eigenvalue weighted by molar-refractivity contribution is 0.626. The van der Waals surface area contributed by atoms with E-state index < -0.39 is 0 Å². The van der Waals surface area contributed by atoms with E-state index in [1.54, 1.807) is 17.4 Å². The van der Waals surface area contributed by atoms with Crippen LogP contribution in [0.15, 0.2) is 40.2 Å². The summed E-state index contributed by atoms with van der Waals surface area (Å²) in [5.74, 6) is -0.225. The topological polar surface area (TPSA) is 0 Å². The van der Waals surface area contributed by atoms with Gasteiger partial charge in [-0.1, -0.05) is 44.0 Å². The van der Waals surface area contributed by atoms with Crippen LogP contribution in [0.5, 0.6) is 0 Å². The molecule has 0 radical (unpaired) electrons. The van der Waals surface area contributed by atoms with Crippen LogP contribution in [-0.2, 0) is 0 Å². The molecule has 0 amide bonds. The molecule has 0 aliphatic carbocycles. The number of hydrogen-bond donors (Lipinski definition) is 0. The molecule has 0 spiro atoms. The molecule has 1 aromatic carbocycles. The molecule has 0 bridgehead atoms. The molecule has 0 saturated carbocycles. The third-order valence-corrected chi connectivity index (χ3v) is 4.94. The Bertz CT molecular complexity index is 454. The Labute approximate surface area is 108 Å². The molecule has 0 saturated heterocycles. The number of rotatable bonds is 2. The van der Waals surface area contributed by atoms with Gasteiger partial charge in [0.1, 0.15) is 5.82 Å². The maximum atomic E-state index is 12.9. The van der Waals surface area contributed by atoms with Crippen LogP contribution in [-0.4, -0.2) is 0 Å². The van der Waals surface area contributed by atoms with Gasteiger partial charge >= 0.3 is 0 Å². The predicted molar refractivity (Wildman–Crippen MR) is 69.2 cm³/mol. The quantitative estimate of drug-likeness (QED) is 0.659. The van der Waals surface area contributed by atoms with Crippen LogP contribution in [0.1, 0.15) is 15.3 Å². The van der Waals surface area contributed by atoms with E-state index in [0.717, 1.165) is 10.0 Å². The van der Waals surface area contributed by atoms with Gasteiger partial charge in [-0.05, 0) is 29.1 Å². The summed E-state index contributed by atoms with van der Waals surface area (Å²) in [5, 5.41) is 2.03. The lowest BCUT2D eigenvalue weighted by Gasteiger charge is -2.10. The van der Waals surface area contributed by atoms with Crippen molar-refractivity contribution in [3.8, 4) is 0 Å². The summed E-state index contributed by atoms with van der Waals surface area (Å²) >= 11 is 8.65. The van der Waals surface area contributed by atoms with Gasteiger partial charge < -0.3 is 0 Å². The Morgan fingerprint density at radius 2 is 2.07 bits per heavy atom. The third-order valence-electron chi connectivity index (χ3n) is 2.03. The van der Waals surface area contributed by atoms with Crippen LogP contribution in [0.2, 0.25) is 0 Å². The van der Waals surface area contributed by atoms with Gasteiger partial charge in [-0.25, -0.2) is 4.39 Å². The Balaban J connectivity index is 2.38. The van der Waals surface area contributed by atoms with Gasteiger partial charge in [0, 0.05) is 9.35 Å². The molecular formula is C11H7Br2FS. The van der Waals surface area contributed by atoms with Crippen molar-refractivity contribution in [1.29, 1.82) is 0 Å². The van der Waals surface area contributed by atoms with Gasteiger partial charge in [0.2, 0.25) is 0 Å². The van der Waals surface area contributed by atoms with E-state index in [2.05, 4.69) is 37.9 Å². The number of halogens is 3.